The molecular weight excluding hydrogens is 207 g/mol. The summed E-state index contributed by atoms with van der Waals surface area (Å²) in [5, 5.41) is 9.86. The zero-order valence-electron chi connectivity index (χ0n) is 9.45. The summed E-state index contributed by atoms with van der Waals surface area (Å²) in [4.78, 5) is 0. The Balaban J connectivity index is 2.09. The van der Waals surface area contributed by atoms with Crippen LogP contribution in [0.2, 0.25) is 0 Å². The van der Waals surface area contributed by atoms with Crippen LogP contribution in [0.25, 0.3) is 0 Å². The van der Waals surface area contributed by atoms with Crippen LogP contribution in [0.1, 0.15) is 31.7 Å². The number of aryl methyl sites for hydroxylation is 1. The molecule has 0 aliphatic carbocycles. The van der Waals surface area contributed by atoms with Gasteiger partial charge in [-0.1, -0.05) is 13.3 Å². The minimum Gasteiger partial charge on any atom is -0.487 e. The van der Waals surface area contributed by atoms with E-state index in [1.807, 2.05) is 6.92 Å². The van der Waals surface area contributed by atoms with Gasteiger partial charge in [-0.3, -0.25) is 0 Å². The zero-order valence-corrected chi connectivity index (χ0v) is 9.45. The largest absolute Gasteiger partial charge is 0.487 e. The maximum absolute atomic E-state index is 13.0. The minimum absolute atomic E-state index is 0.141. The highest BCUT2D eigenvalue weighted by Gasteiger charge is 2.25. The van der Waals surface area contributed by atoms with Gasteiger partial charge in [-0.2, -0.15) is 0 Å². The van der Waals surface area contributed by atoms with Gasteiger partial charge in [0.1, 0.15) is 17.7 Å². The van der Waals surface area contributed by atoms with E-state index in [4.69, 9.17) is 4.74 Å². The van der Waals surface area contributed by atoms with Crippen molar-refractivity contribution in [3.05, 3.63) is 29.6 Å². The first kappa shape index (κ1) is 11.4. The van der Waals surface area contributed by atoms with Crippen molar-refractivity contribution in [2.45, 2.75) is 44.8 Å². The van der Waals surface area contributed by atoms with Crippen LogP contribution in [-0.4, -0.2) is 17.3 Å². The Labute approximate surface area is 95.1 Å². The van der Waals surface area contributed by atoms with Crippen LogP contribution in [0, 0.1) is 5.82 Å². The third-order valence-electron chi connectivity index (χ3n) is 3.01. The van der Waals surface area contributed by atoms with E-state index < -0.39 is 6.10 Å². The van der Waals surface area contributed by atoms with Crippen molar-refractivity contribution < 1.29 is 14.2 Å². The Kier molecular flexibility index (Phi) is 3.44. The maximum Gasteiger partial charge on any atom is 0.125 e. The van der Waals surface area contributed by atoms with Crippen molar-refractivity contribution in [1.82, 2.24) is 0 Å². The molecule has 0 bridgehead atoms. The molecule has 2 rings (SSSR count). The topological polar surface area (TPSA) is 29.5 Å². The van der Waals surface area contributed by atoms with Crippen molar-refractivity contribution in [3.63, 3.8) is 0 Å². The van der Waals surface area contributed by atoms with Gasteiger partial charge in [0.15, 0.2) is 0 Å². The Morgan fingerprint density at radius 1 is 1.56 bits per heavy atom. The van der Waals surface area contributed by atoms with Gasteiger partial charge in [0.25, 0.3) is 0 Å². The molecule has 1 N–H and O–H groups in total. The molecule has 0 amide bonds. The van der Waals surface area contributed by atoms with E-state index in [2.05, 4.69) is 0 Å². The molecule has 88 valence electrons. The van der Waals surface area contributed by atoms with Crippen LogP contribution in [0.4, 0.5) is 4.39 Å². The molecule has 3 heteroatoms. The Bertz CT molecular complexity index is 365. The lowest BCUT2D eigenvalue weighted by molar-refractivity contribution is 0.0186. The fraction of sp³-hybridized carbons (Fsp3) is 0.538. The number of fused-ring (bicyclic) bond motifs is 1. The van der Waals surface area contributed by atoms with Crippen LogP contribution in [-0.2, 0) is 6.42 Å². The first-order valence-electron chi connectivity index (χ1n) is 5.84. The first-order chi connectivity index (χ1) is 7.70. The lowest BCUT2D eigenvalue weighted by atomic mass is 9.97. The van der Waals surface area contributed by atoms with Gasteiger partial charge in [0.05, 0.1) is 6.10 Å². The third kappa shape index (κ3) is 2.35. The van der Waals surface area contributed by atoms with Crippen LogP contribution < -0.4 is 4.74 Å². The van der Waals surface area contributed by atoms with E-state index in [0.717, 1.165) is 31.2 Å². The van der Waals surface area contributed by atoms with Gasteiger partial charge in [-0.15, -0.1) is 0 Å². The molecule has 16 heavy (non-hydrogen) atoms. The summed E-state index contributed by atoms with van der Waals surface area (Å²) in [6, 6.07) is 4.56. The molecule has 1 heterocycles. The van der Waals surface area contributed by atoms with Crippen molar-refractivity contribution in [1.29, 1.82) is 0 Å². The summed E-state index contributed by atoms with van der Waals surface area (Å²) < 4.78 is 18.7. The lowest BCUT2D eigenvalue weighted by Crippen LogP contribution is -2.34. The highest BCUT2D eigenvalue weighted by Crippen LogP contribution is 2.29. The van der Waals surface area contributed by atoms with E-state index in [1.165, 1.54) is 12.1 Å². The number of hydrogen-bond acceptors (Lipinski definition) is 2. The molecule has 0 fully saturated rings. The molecule has 1 aliphatic rings. The summed E-state index contributed by atoms with van der Waals surface area (Å²) >= 11 is 0. The van der Waals surface area contributed by atoms with E-state index in [0.29, 0.717) is 5.75 Å². The molecule has 0 radical (unpaired) electrons. The number of ether oxygens (including phenoxy) is 1. The van der Waals surface area contributed by atoms with Gasteiger partial charge in [-0.25, -0.2) is 4.39 Å². The molecule has 0 saturated heterocycles. The first-order valence-corrected chi connectivity index (χ1v) is 5.84. The lowest BCUT2D eigenvalue weighted by Gasteiger charge is -2.29. The Morgan fingerprint density at radius 2 is 2.38 bits per heavy atom. The molecule has 0 spiro atoms. The predicted molar refractivity (Wildman–Crippen MR) is 60.1 cm³/mol. The van der Waals surface area contributed by atoms with Crippen molar-refractivity contribution in [2.75, 3.05) is 0 Å². The number of benzene rings is 1. The van der Waals surface area contributed by atoms with Gasteiger partial charge in [0.2, 0.25) is 0 Å². The molecule has 1 aromatic rings. The van der Waals surface area contributed by atoms with Crippen molar-refractivity contribution in [2.24, 2.45) is 0 Å². The maximum atomic E-state index is 13.0. The summed E-state index contributed by atoms with van der Waals surface area (Å²) in [5.41, 5.74) is 0.903. The average molecular weight is 224 g/mol. The summed E-state index contributed by atoms with van der Waals surface area (Å²) in [6.07, 6.45) is 2.68. The minimum atomic E-state index is -0.414. The normalized spacial score (nSPS) is 21.1. The monoisotopic (exact) mass is 224 g/mol. The standard InChI is InChI=1S/C13H17FO2/c1-2-3-11(15)13-6-4-9-8-10(14)5-7-12(9)16-13/h5,7-8,11,13,15H,2-4,6H2,1H3/t11-,13-/m0/s1. The molecule has 1 aliphatic heterocycles. The quantitative estimate of drug-likeness (QED) is 0.855. The Morgan fingerprint density at radius 3 is 3.12 bits per heavy atom. The average Bonchev–Trinajstić information content (AvgIpc) is 2.28. The molecule has 0 aromatic heterocycles. The second-order valence-corrected chi connectivity index (χ2v) is 4.30. The fourth-order valence-electron chi connectivity index (χ4n) is 2.13. The van der Waals surface area contributed by atoms with E-state index in [1.54, 1.807) is 6.07 Å². The molecular formula is C13H17FO2. The number of halogens is 1. The number of rotatable bonds is 3. The second kappa shape index (κ2) is 4.83. The molecule has 2 nitrogen and oxygen atoms in total. The van der Waals surface area contributed by atoms with Gasteiger partial charge >= 0.3 is 0 Å². The second-order valence-electron chi connectivity index (χ2n) is 4.30. The Hall–Kier alpha value is -1.09. The summed E-state index contributed by atoms with van der Waals surface area (Å²) in [6.45, 7) is 2.04. The van der Waals surface area contributed by atoms with E-state index >= 15 is 0 Å². The predicted octanol–water partition coefficient (Wildman–Crippen LogP) is 2.68. The van der Waals surface area contributed by atoms with Crippen LogP contribution >= 0.6 is 0 Å². The zero-order chi connectivity index (χ0) is 11.5. The summed E-state index contributed by atoms with van der Waals surface area (Å²) in [5.74, 6) is 0.489. The molecule has 2 atom stereocenters. The van der Waals surface area contributed by atoms with Gasteiger partial charge in [-0.05, 0) is 43.0 Å². The number of hydrogen-bond donors (Lipinski definition) is 1. The number of aliphatic hydroxyl groups excluding tert-OH is 1. The number of aliphatic hydroxyl groups is 1. The van der Waals surface area contributed by atoms with Gasteiger partial charge < -0.3 is 9.84 Å². The third-order valence-corrected chi connectivity index (χ3v) is 3.01. The van der Waals surface area contributed by atoms with E-state index in [-0.39, 0.29) is 11.9 Å². The van der Waals surface area contributed by atoms with E-state index in [9.17, 15) is 9.50 Å². The van der Waals surface area contributed by atoms with Crippen LogP contribution in [0.3, 0.4) is 0 Å². The molecule has 0 saturated carbocycles. The fourth-order valence-corrected chi connectivity index (χ4v) is 2.13. The highest BCUT2D eigenvalue weighted by atomic mass is 19.1. The smallest absolute Gasteiger partial charge is 0.125 e. The van der Waals surface area contributed by atoms with Crippen molar-refractivity contribution >= 4 is 0 Å². The SMILES string of the molecule is CCC[C@H](O)[C@@H]1CCc2cc(F)ccc2O1. The van der Waals surface area contributed by atoms with Crippen LogP contribution in [0.15, 0.2) is 18.2 Å². The van der Waals surface area contributed by atoms with Crippen molar-refractivity contribution in [3.8, 4) is 5.75 Å². The van der Waals surface area contributed by atoms with Gasteiger partial charge in [0, 0.05) is 0 Å². The molecule has 0 unspecified atom stereocenters. The summed E-state index contributed by atoms with van der Waals surface area (Å²) in [7, 11) is 0. The highest BCUT2D eigenvalue weighted by molar-refractivity contribution is 5.35. The van der Waals surface area contributed by atoms with Crippen LogP contribution in [0.5, 0.6) is 5.75 Å². The molecule has 1 aromatic carbocycles.